The Kier molecular flexibility index (Phi) is 9.38. The second-order valence-corrected chi connectivity index (χ2v) is 8.77. The van der Waals surface area contributed by atoms with Gasteiger partial charge in [0.05, 0.1) is 25.7 Å². The fourth-order valence-corrected chi connectivity index (χ4v) is 4.19. The maximum absolute atomic E-state index is 9.25. The summed E-state index contributed by atoms with van der Waals surface area (Å²) in [5.41, 5.74) is 2.88. The highest BCUT2D eigenvalue weighted by Gasteiger charge is 2.20. The van der Waals surface area contributed by atoms with Crippen LogP contribution in [0.1, 0.15) is 48.3 Å². The molecule has 37 heavy (non-hydrogen) atoms. The molecule has 0 spiro atoms. The van der Waals surface area contributed by atoms with E-state index in [1.165, 1.54) is 12.8 Å². The zero-order valence-corrected chi connectivity index (χ0v) is 21.0. The van der Waals surface area contributed by atoms with E-state index in [0.29, 0.717) is 24.8 Å². The first kappa shape index (κ1) is 25.6. The first-order chi connectivity index (χ1) is 18.2. The van der Waals surface area contributed by atoms with Crippen LogP contribution in [-0.2, 0) is 6.54 Å². The molecule has 1 atom stereocenters. The third kappa shape index (κ3) is 7.75. The van der Waals surface area contributed by atoms with Gasteiger partial charge in [-0.25, -0.2) is 4.99 Å². The Labute approximate surface area is 218 Å². The normalized spacial score (nSPS) is 14.1. The Morgan fingerprint density at radius 3 is 2.68 bits per heavy atom. The second kappa shape index (κ2) is 13.6. The summed E-state index contributed by atoms with van der Waals surface area (Å²) >= 11 is 0. The van der Waals surface area contributed by atoms with Crippen LogP contribution in [0.4, 0.5) is 0 Å². The number of pyridine rings is 1. The Bertz CT molecular complexity index is 1270. The second-order valence-electron chi connectivity index (χ2n) is 8.77. The standard InChI is InChI=1S/C30H31N5O2/c1-36-28-16-15-25(18-29(28)37-27-11-5-6-12-27)26(14-13-23-8-3-2-4-9-23)21-34-30(35-22-31)33-20-24-10-7-17-32-19-24/h2-4,7-10,15-19,26-27H,5-6,11-12,20-21H2,1H3,(H2,33,34,35). The van der Waals surface area contributed by atoms with Crippen molar-refractivity contribution in [3.05, 3.63) is 89.7 Å². The Balaban J connectivity index is 1.57. The van der Waals surface area contributed by atoms with Crippen molar-refractivity contribution in [3.8, 4) is 29.5 Å². The van der Waals surface area contributed by atoms with Gasteiger partial charge in [0.2, 0.25) is 5.96 Å². The van der Waals surface area contributed by atoms with Crippen LogP contribution in [0.15, 0.2) is 78.0 Å². The molecule has 188 valence electrons. The third-order valence-electron chi connectivity index (χ3n) is 6.14. The van der Waals surface area contributed by atoms with Crippen LogP contribution in [0.5, 0.6) is 11.5 Å². The molecule has 1 fully saturated rings. The van der Waals surface area contributed by atoms with Crippen molar-refractivity contribution in [3.63, 3.8) is 0 Å². The lowest BCUT2D eigenvalue weighted by Crippen LogP contribution is -2.37. The third-order valence-corrected chi connectivity index (χ3v) is 6.14. The number of aromatic nitrogens is 1. The van der Waals surface area contributed by atoms with Crippen LogP contribution in [0, 0.1) is 23.3 Å². The van der Waals surface area contributed by atoms with E-state index in [2.05, 4.69) is 32.5 Å². The molecule has 3 aromatic rings. The summed E-state index contributed by atoms with van der Waals surface area (Å²) in [7, 11) is 1.66. The summed E-state index contributed by atoms with van der Waals surface area (Å²) in [6.07, 6.45) is 10.1. The molecule has 0 amide bonds. The molecular weight excluding hydrogens is 462 g/mol. The molecule has 0 aliphatic heterocycles. The Morgan fingerprint density at radius 2 is 1.95 bits per heavy atom. The van der Waals surface area contributed by atoms with E-state index >= 15 is 0 Å². The van der Waals surface area contributed by atoms with Crippen LogP contribution >= 0.6 is 0 Å². The van der Waals surface area contributed by atoms with Crippen molar-refractivity contribution in [1.82, 2.24) is 15.6 Å². The van der Waals surface area contributed by atoms with Crippen molar-refractivity contribution in [2.45, 2.75) is 44.2 Å². The number of hydrogen-bond acceptors (Lipinski definition) is 5. The van der Waals surface area contributed by atoms with Gasteiger partial charge in [0.1, 0.15) is 0 Å². The van der Waals surface area contributed by atoms with Gasteiger partial charge in [-0.05, 0) is 67.1 Å². The number of ether oxygens (including phenoxy) is 2. The quantitative estimate of drug-likeness (QED) is 0.155. The molecule has 1 saturated carbocycles. The summed E-state index contributed by atoms with van der Waals surface area (Å²) < 4.78 is 11.9. The smallest absolute Gasteiger partial charge is 0.205 e. The van der Waals surface area contributed by atoms with Crippen molar-refractivity contribution in [2.24, 2.45) is 4.99 Å². The lowest BCUT2D eigenvalue weighted by Gasteiger charge is -2.19. The minimum absolute atomic E-state index is 0.193. The van der Waals surface area contributed by atoms with Gasteiger partial charge in [-0.2, -0.15) is 5.26 Å². The van der Waals surface area contributed by atoms with Gasteiger partial charge < -0.3 is 14.8 Å². The van der Waals surface area contributed by atoms with E-state index in [-0.39, 0.29) is 12.0 Å². The van der Waals surface area contributed by atoms with Gasteiger partial charge >= 0.3 is 0 Å². The Hall–Kier alpha value is -4.49. The number of rotatable bonds is 8. The minimum atomic E-state index is -0.193. The topological polar surface area (TPSA) is 91.6 Å². The van der Waals surface area contributed by atoms with Crippen LogP contribution in [0.3, 0.4) is 0 Å². The monoisotopic (exact) mass is 493 g/mol. The molecule has 0 saturated heterocycles. The molecule has 1 unspecified atom stereocenters. The van der Waals surface area contributed by atoms with E-state index < -0.39 is 0 Å². The summed E-state index contributed by atoms with van der Waals surface area (Å²) in [6, 6.07) is 19.6. The average Bonchev–Trinajstić information content (AvgIpc) is 3.46. The van der Waals surface area contributed by atoms with Crippen molar-refractivity contribution in [2.75, 3.05) is 13.7 Å². The molecule has 2 aromatic carbocycles. The lowest BCUT2D eigenvalue weighted by molar-refractivity contribution is 0.200. The van der Waals surface area contributed by atoms with Gasteiger partial charge in [-0.15, -0.1) is 0 Å². The molecule has 2 N–H and O–H groups in total. The number of aliphatic imine (C=N–C) groups is 1. The number of guanidine groups is 1. The summed E-state index contributed by atoms with van der Waals surface area (Å²) in [6.45, 7) is 0.836. The number of nitrogens with zero attached hydrogens (tertiary/aromatic N) is 3. The van der Waals surface area contributed by atoms with Crippen molar-refractivity contribution < 1.29 is 9.47 Å². The average molecular weight is 494 g/mol. The van der Waals surface area contributed by atoms with E-state index in [0.717, 1.165) is 35.3 Å². The summed E-state index contributed by atoms with van der Waals surface area (Å²) in [4.78, 5) is 8.64. The van der Waals surface area contributed by atoms with E-state index in [1.54, 1.807) is 19.5 Å². The first-order valence-electron chi connectivity index (χ1n) is 12.5. The van der Waals surface area contributed by atoms with Gasteiger partial charge in [-0.3, -0.25) is 10.3 Å². The molecule has 1 aliphatic carbocycles. The van der Waals surface area contributed by atoms with E-state index in [9.17, 15) is 5.26 Å². The van der Waals surface area contributed by atoms with E-state index in [1.807, 2.05) is 66.9 Å². The van der Waals surface area contributed by atoms with E-state index in [4.69, 9.17) is 9.47 Å². The predicted octanol–water partition coefficient (Wildman–Crippen LogP) is 4.76. The highest BCUT2D eigenvalue weighted by Crippen LogP contribution is 2.34. The maximum atomic E-state index is 9.25. The fraction of sp³-hybridized carbons (Fsp3) is 0.300. The summed E-state index contributed by atoms with van der Waals surface area (Å²) in [5, 5.41) is 15.2. The zero-order valence-electron chi connectivity index (χ0n) is 21.0. The van der Waals surface area contributed by atoms with Crippen LogP contribution in [-0.4, -0.2) is 30.7 Å². The zero-order chi connectivity index (χ0) is 25.7. The van der Waals surface area contributed by atoms with Crippen molar-refractivity contribution >= 4 is 5.96 Å². The van der Waals surface area contributed by atoms with Crippen LogP contribution in [0.25, 0.3) is 0 Å². The molecule has 0 bridgehead atoms. The first-order valence-corrected chi connectivity index (χ1v) is 12.5. The number of nitriles is 1. The highest BCUT2D eigenvalue weighted by molar-refractivity contribution is 5.81. The largest absolute Gasteiger partial charge is 0.493 e. The molecule has 0 radical (unpaired) electrons. The van der Waals surface area contributed by atoms with Gasteiger partial charge in [-0.1, -0.05) is 42.2 Å². The molecule has 7 nitrogen and oxygen atoms in total. The molecule has 1 aromatic heterocycles. The van der Waals surface area contributed by atoms with Crippen molar-refractivity contribution in [1.29, 1.82) is 5.26 Å². The number of benzene rings is 2. The number of nitrogens with one attached hydrogen (secondary N) is 2. The summed E-state index contributed by atoms with van der Waals surface area (Å²) in [5.74, 6) is 8.32. The van der Waals surface area contributed by atoms with Gasteiger partial charge in [0.15, 0.2) is 17.7 Å². The SMILES string of the molecule is COc1ccc(C(C#Cc2ccccc2)CNC(=NCc2cccnc2)NC#N)cc1OC1CCCC1. The lowest BCUT2D eigenvalue weighted by atomic mass is 9.98. The van der Waals surface area contributed by atoms with Gasteiger partial charge in [0.25, 0.3) is 0 Å². The number of methoxy groups -OCH3 is 1. The highest BCUT2D eigenvalue weighted by atomic mass is 16.5. The molecule has 7 heteroatoms. The van der Waals surface area contributed by atoms with Gasteiger partial charge in [0, 0.05) is 24.5 Å². The number of hydrogen-bond donors (Lipinski definition) is 2. The molecule has 1 heterocycles. The predicted molar refractivity (Wildman–Crippen MR) is 144 cm³/mol. The minimum Gasteiger partial charge on any atom is -0.493 e. The molecular formula is C30H31N5O2. The molecule has 1 aliphatic rings. The fourth-order valence-electron chi connectivity index (χ4n) is 4.19. The molecule has 4 rings (SSSR count). The van der Waals surface area contributed by atoms with Crippen LogP contribution < -0.4 is 20.1 Å². The van der Waals surface area contributed by atoms with Crippen LogP contribution in [0.2, 0.25) is 0 Å². The Morgan fingerprint density at radius 1 is 1.11 bits per heavy atom. The maximum Gasteiger partial charge on any atom is 0.205 e.